The van der Waals surface area contributed by atoms with E-state index in [9.17, 15) is 37.1 Å². The standard InChI is InChI=1S/C31H37F3O8/c1-6-8-25(38)42-30(23(36)16-40-24(37)7-2)17(3)13-21-20-10-9-18-14-19(35)11-12-28(18,4)26(20)22(15-29(21,30)5)41-27(39)31(32,33)34/h11-12,14,20-22,26H,3,6-10,13,15-16H2,1-2,4-5H3/t20-,21-,22?,26+,28-,29-,30-/m0/s1. The van der Waals surface area contributed by atoms with Crippen LogP contribution in [0.2, 0.25) is 0 Å². The minimum absolute atomic E-state index is 0.000415. The molecule has 1 unspecified atom stereocenters. The van der Waals surface area contributed by atoms with Crippen LogP contribution in [-0.2, 0) is 38.2 Å². The lowest BCUT2D eigenvalue weighted by Gasteiger charge is -2.60. The molecule has 0 aromatic carbocycles. The van der Waals surface area contributed by atoms with E-state index >= 15 is 0 Å². The Morgan fingerprint density at radius 2 is 1.81 bits per heavy atom. The van der Waals surface area contributed by atoms with Gasteiger partial charge in [0, 0.05) is 29.6 Å². The van der Waals surface area contributed by atoms with Crippen molar-refractivity contribution in [1.82, 2.24) is 0 Å². The average molecular weight is 595 g/mol. The Hall–Kier alpha value is -3.24. The second-order valence-corrected chi connectivity index (χ2v) is 12.2. The molecule has 0 saturated heterocycles. The van der Waals surface area contributed by atoms with E-state index in [1.165, 1.54) is 12.2 Å². The van der Waals surface area contributed by atoms with Gasteiger partial charge in [0.15, 0.2) is 18.0 Å². The van der Waals surface area contributed by atoms with Crippen LogP contribution in [0.5, 0.6) is 0 Å². The molecule has 42 heavy (non-hydrogen) atoms. The highest BCUT2D eigenvalue weighted by Gasteiger charge is 2.73. The number of ketones is 2. The van der Waals surface area contributed by atoms with Crippen LogP contribution in [0.3, 0.4) is 0 Å². The number of Topliss-reactive ketones (excluding diaryl/α,β-unsaturated/α-hetero) is 1. The Labute approximate surface area is 242 Å². The van der Waals surface area contributed by atoms with Crippen molar-refractivity contribution in [3.63, 3.8) is 0 Å². The molecule has 0 N–H and O–H groups in total. The highest BCUT2D eigenvalue weighted by atomic mass is 19.4. The Bertz CT molecular complexity index is 1260. The number of fused-ring (bicyclic) bond motifs is 5. The summed E-state index contributed by atoms with van der Waals surface area (Å²) in [5, 5.41) is 0. The molecule has 0 aromatic rings. The Morgan fingerprint density at radius 1 is 1.12 bits per heavy atom. The van der Waals surface area contributed by atoms with Gasteiger partial charge in [-0.2, -0.15) is 13.2 Å². The molecule has 8 nitrogen and oxygen atoms in total. The van der Waals surface area contributed by atoms with E-state index in [1.54, 1.807) is 26.8 Å². The van der Waals surface area contributed by atoms with Gasteiger partial charge >= 0.3 is 24.1 Å². The smallest absolute Gasteiger partial charge is 0.457 e. The molecule has 0 aliphatic heterocycles. The summed E-state index contributed by atoms with van der Waals surface area (Å²) in [5.74, 6) is -6.13. The Morgan fingerprint density at radius 3 is 2.43 bits per heavy atom. The predicted molar refractivity (Wildman–Crippen MR) is 142 cm³/mol. The lowest BCUT2D eigenvalue weighted by Crippen LogP contribution is -2.64. The summed E-state index contributed by atoms with van der Waals surface area (Å²) in [6.45, 7) is 10.2. The molecule has 4 rings (SSSR count). The van der Waals surface area contributed by atoms with Crippen molar-refractivity contribution >= 4 is 29.5 Å². The minimum Gasteiger partial charge on any atom is -0.457 e. The van der Waals surface area contributed by atoms with Crippen molar-refractivity contribution in [3.05, 3.63) is 36.0 Å². The first kappa shape index (κ1) is 31.7. The van der Waals surface area contributed by atoms with Gasteiger partial charge in [-0.15, -0.1) is 0 Å². The van der Waals surface area contributed by atoms with Crippen molar-refractivity contribution in [2.75, 3.05) is 6.61 Å². The summed E-state index contributed by atoms with van der Waals surface area (Å²) in [6, 6.07) is 0. The van der Waals surface area contributed by atoms with Crippen LogP contribution in [0.4, 0.5) is 13.2 Å². The molecular formula is C31H37F3O8. The van der Waals surface area contributed by atoms with Gasteiger partial charge in [-0.3, -0.25) is 19.2 Å². The third-order valence-corrected chi connectivity index (χ3v) is 9.89. The molecule has 0 radical (unpaired) electrons. The maximum absolute atomic E-state index is 14.0. The van der Waals surface area contributed by atoms with Gasteiger partial charge in [0.1, 0.15) is 6.10 Å². The van der Waals surface area contributed by atoms with Crippen molar-refractivity contribution in [2.45, 2.75) is 90.5 Å². The first-order chi connectivity index (χ1) is 19.5. The number of alkyl halides is 3. The molecule has 0 heterocycles. The Kier molecular flexibility index (Phi) is 8.39. The molecule has 0 bridgehead atoms. The molecule has 3 saturated carbocycles. The second-order valence-electron chi connectivity index (χ2n) is 12.2. The number of hydrogen-bond acceptors (Lipinski definition) is 8. The number of halogens is 3. The van der Waals surface area contributed by atoms with E-state index in [0.29, 0.717) is 19.3 Å². The predicted octanol–water partition coefficient (Wildman–Crippen LogP) is 5.15. The number of carbonyl (C=O) groups excluding carboxylic acids is 5. The van der Waals surface area contributed by atoms with Gasteiger partial charge in [-0.1, -0.05) is 45.9 Å². The van der Waals surface area contributed by atoms with E-state index < -0.39 is 70.8 Å². The van der Waals surface area contributed by atoms with Crippen LogP contribution in [0.15, 0.2) is 36.0 Å². The molecular weight excluding hydrogens is 557 g/mol. The van der Waals surface area contributed by atoms with Crippen molar-refractivity contribution in [1.29, 1.82) is 0 Å². The monoisotopic (exact) mass is 594 g/mol. The molecule has 230 valence electrons. The highest BCUT2D eigenvalue weighted by Crippen LogP contribution is 2.69. The average Bonchev–Trinajstić information content (AvgIpc) is 3.13. The Balaban J connectivity index is 1.86. The van der Waals surface area contributed by atoms with Crippen LogP contribution in [0.25, 0.3) is 0 Å². The summed E-state index contributed by atoms with van der Waals surface area (Å²) in [5.41, 5.74) is -3.23. The maximum Gasteiger partial charge on any atom is 0.490 e. The largest absolute Gasteiger partial charge is 0.490 e. The first-order valence-corrected chi connectivity index (χ1v) is 14.4. The summed E-state index contributed by atoms with van der Waals surface area (Å²) in [7, 11) is 0. The van der Waals surface area contributed by atoms with Crippen LogP contribution in [0.1, 0.15) is 72.6 Å². The molecule has 0 amide bonds. The lowest BCUT2D eigenvalue weighted by atomic mass is 9.46. The maximum atomic E-state index is 14.0. The van der Waals surface area contributed by atoms with E-state index in [2.05, 4.69) is 6.58 Å². The molecule has 0 aromatic heterocycles. The second kappa shape index (κ2) is 11.1. The van der Waals surface area contributed by atoms with Crippen LogP contribution in [-0.4, -0.2) is 54.0 Å². The highest BCUT2D eigenvalue weighted by molar-refractivity contribution is 6.01. The fraction of sp³-hybridized carbons (Fsp3) is 0.645. The number of allylic oxidation sites excluding steroid dienone is 4. The van der Waals surface area contributed by atoms with Crippen molar-refractivity contribution < 1.29 is 51.4 Å². The summed E-state index contributed by atoms with van der Waals surface area (Å²) in [4.78, 5) is 63.5. The minimum atomic E-state index is -5.27. The third kappa shape index (κ3) is 5.02. The zero-order valence-corrected chi connectivity index (χ0v) is 24.3. The molecule has 0 spiro atoms. The normalized spacial score (nSPS) is 35.4. The number of esters is 3. The van der Waals surface area contributed by atoms with Crippen LogP contribution < -0.4 is 0 Å². The number of hydrogen-bond donors (Lipinski definition) is 0. The summed E-state index contributed by atoms with van der Waals surface area (Å²) in [6.07, 6.45) is -0.813. The summed E-state index contributed by atoms with van der Waals surface area (Å²) < 4.78 is 57.0. The van der Waals surface area contributed by atoms with Gasteiger partial charge in [0.2, 0.25) is 5.78 Å². The molecule has 4 aliphatic carbocycles. The fourth-order valence-corrected chi connectivity index (χ4v) is 8.08. The molecule has 7 atom stereocenters. The number of rotatable bonds is 8. The topological polar surface area (TPSA) is 113 Å². The van der Waals surface area contributed by atoms with E-state index in [1.807, 2.05) is 6.92 Å². The number of ether oxygens (including phenoxy) is 3. The van der Waals surface area contributed by atoms with Gasteiger partial charge < -0.3 is 14.2 Å². The van der Waals surface area contributed by atoms with Gasteiger partial charge in [0.05, 0.1) is 0 Å². The van der Waals surface area contributed by atoms with E-state index in [0.717, 1.165) is 5.57 Å². The quantitative estimate of drug-likeness (QED) is 0.216. The zero-order valence-electron chi connectivity index (χ0n) is 24.3. The SMILES string of the molecule is C=C1C[C@H]2[C@@H]3CCC4=CC(=O)C=C[C@]4(C)[C@H]3C(OC(=O)C(F)(F)F)C[C@]2(C)[C@@]1(OC(=O)CCC)C(=O)COC(=O)CC. The number of carbonyl (C=O) groups is 5. The van der Waals surface area contributed by atoms with Gasteiger partial charge in [0.25, 0.3) is 0 Å². The lowest BCUT2D eigenvalue weighted by molar-refractivity contribution is -0.226. The van der Waals surface area contributed by atoms with Crippen LogP contribution in [0, 0.1) is 28.6 Å². The van der Waals surface area contributed by atoms with Crippen molar-refractivity contribution in [3.8, 4) is 0 Å². The van der Waals surface area contributed by atoms with E-state index in [-0.39, 0.29) is 43.0 Å². The first-order valence-electron chi connectivity index (χ1n) is 14.4. The van der Waals surface area contributed by atoms with Crippen LogP contribution >= 0.6 is 0 Å². The molecule has 3 fully saturated rings. The molecule has 4 aliphatic rings. The summed E-state index contributed by atoms with van der Waals surface area (Å²) >= 11 is 0. The molecule has 11 heteroatoms. The van der Waals surface area contributed by atoms with Crippen molar-refractivity contribution in [2.24, 2.45) is 28.6 Å². The van der Waals surface area contributed by atoms with Gasteiger partial charge in [-0.05, 0) is 61.7 Å². The van der Waals surface area contributed by atoms with Gasteiger partial charge in [-0.25, -0.2) is 4.79 Å². The third-order valence-electron chi connectivity index (χ3n) is 9.89. The zero-order chi connectivity index (χ0) is 31.3. The fourth-order valence-electron chi connectivity index (χ4n) is 8.08. The van der Waals surface area contributed by atoms with E-state index in [4.69, 9.17) is 14.2 Å².